The fourth-order valence-electron chi connectivity index (χ4n) is 10.1. The molecule has 0 unspecified atom stereocenters. The molecule has 192 valence electrons. The Balaban J connectivity index is 1.26. The summed E-state index contributed by atoms with van der Waals surface area (Å²) in [5, 5.41) is 3.85. The molecule has 11 atom stereocenters. The first-order chi connectivity index (χ1) is 16.0. The lowest BCUT2D eigenvalue weighted by Gasteiger charge is -2.54. The van der Waals surface area contributed by atoms with Crippen LogP contribution in [0.1, 0.15) is 85.5 Å². The van der Waals surface area contributed by atoms with E-state index < -0.39 is 10.0 Å². The van der Waals surface area contributed by atoms with E-state index in [1.165, 1.54) is 44.8 Å². The molecule has 2 saturated heterocycles. The van der Waals surface area contributed by atoms with Gasteiger partial charge in [0, 0.05) is 18.0 Å². The third-order valence-corrected chi connectivity index (χ3v) is 12.6. The van der Waals surface area contributed by atoms with E-state index in [1.807, 2.05) is 0 Å². The summed E-state index contributed by atoms with van der Waals surface area (Å²) in [6, 6.07) is 0.634. The average molecular weight is 491 g/mol. The first-order valence-corrected chi connectivity index (χ1v) is 16.0. The Hall–Kier alpha value is -0.430. The molecule has 2 aliphatic heterocycles. The number of ether oxygens (including phenoxy) is 1. The number of piperidine rings is 1. The average Bonchev–Trinajstić information content (AvgIpc) is 3.27. The van der Waals surface area contributed by atoms with Gasteiger partial charge < -0.3 is 10.1 Å². The van der Waals surface area contributed by atoms with Gasteiger partial charge in [0.25, 0.3) is 0 Å². The van der Waals surface area contributed by atoms with Gasteiger partial charge in [-0.25, -0.2) is 13.1 Å². The topological polar surface area (TPSA) is 67.4 Å². The lowest BCUT2D eigenvalue weighted by molar-refractivity contribution is -0.0596. The minimum Gasteiger partial charge on any atom is -0.365 e. The number of rotatable bonds is 2. The highest BCUT2D eigenvalue weighted by Gasteiger charge is 2.61. The minimum absolute atomic E-state index is 0.0525. The second kappa shape index (κ2) is 8.03. The van der Waals surface area contributed by atoms with Crippen molar-refractivity contribution in [2.75, 3.05) is 12.8 Å². The Labute approximate surface area is 207 Å². The molecule has 6 heteroatoms. The predicted octanol–water partition coefficient (Wildman–Crippen LogP) is 4.64. The molecule has 5 nitrogen and oxygen atoms in total. The molecule has 0 aromatic heterocycles. The van der Waals surface area contributed by atoms with Gasteiger partial charge >= 0.3 is 0 Å². The second-order valence-corrected chi connectivity index (χ2v) is 15.3. The van der Waals surface area contributed by atoms with Crippen LogP contribution < -0.4 is 10.0 Å². The van der Waals surface area contributed by atoms with Crippen molar-refractivity contribution in [3.63, 3.8) is 0 Å². The molecule has 0 aromatic rings. The first-order valence-electron chi connectivity index (χ1n) is 14.1. The molecule has 6 rings (SSSR count). The molecule has 0 radical (unpaired) electrons. The summed E-state index contributed by atoms with van der Waals surface area (Å²) in [7, 11) is -3.13. The molecular weight excluding hydrogens is 444 g/mol. The summed E-state index contributed by atoms with van der Waals surface area (Å²) in [5.74, 6) is 4.22. The van der Waals surface area contributed by atoms with Crippen LogP contribution in [0.5, 0.6) is 0 Å². The zero-order valence-corrected chi connectivity index (χ0v) is 22.7. The van der Waals surface area contributed by atoms with Gasteiger partial charge in [-0.2, -0.15) is 0 Å². The van der Waals surface area contributed by atoms with Crippen LogP contribution in [0.4, 0.5) is 0 Å². The summed E-state index contributed by atoms with van der Waals surface area (Å²) < 4.78 is 33.7. The molecule has 3 saturated carbocycles. The van der Waals surface area contributed by atoms with Crippen LogP contribution in [0.25, 0.3) is 0 Å². The van der Waals surface area contributed by atoms with Crippen LogP contribution in [-0.4, -0.2) is 45.0 Å². The fraction of sp³-hybridized carbons (Fsp3) is 0.929. The minimum atomic E-state index is -3.13. The smallest absolute Gasteiger partial charge is 0.208 e. The lowest BCUT2D eigenvalue weighted by Crippen LogP contribution is -2.50. The van der Waals surface area contributed by atoms with Crippen molar-refractivity contribution >= 4 is 10.0 Å². The van der Waals surface area contributed by atoms with Crippen LogP contribution in [0.2, 0.25) is 0 Å². The summed E-state index contributed by atoms with van der Waals surface area (Å²) in [6.45, 7) is 10.9. The number of allylic oxidation sites excluding steroid dienone is 1. The highest BCUT2D eigenvalue weighted by Crippen LogP contribution is 2.66. The number of fused-ring (bicyclic) bond motifs is 6. The molecule has 0 aromatic carbocycles. The van der Waals surface area contributed by atoms with Gasteiger partial charge in [0.1, 0.15) is 0 Å². The molecule has 4 aliphatic carbocycles. The highest BCUT2D eigenvalue weighted by atomic mass is 32.2. The van der Waals surface area contributed by atoms with Crippen LogP contribution in [0.15, 0.2) is 11.1 Å². The lowest BCUT2D eigenvalue weighted by atomic mass is 9.52. The zero-order valence-electron chi connectivity index (χ0n) is 21.9. The first kappa shape index (κ1) is 23.9. The number of nitrogens with one attached hydrogen (secondary N) is 2. The van der Waals surface area contributed by atoms with Crippen LogP contribution >= 0.6 is 0 Å². The molecular formula is C28H46N2O3S. The molecule has 34 heavy (non-hydrogen) atoms. The fourth-order valence-corrected chi connectivity index (χ4v) is 10.9. The predicted molar refractivity (Wildman–Crippen MR) is 136 cm³/mol. The van der Waals surface area contributed by atoms with Crippen molar-refractivity contribution in [3.8, 4) is 0 Å². The summed E-state index contributed by atoms with van der Waals surface area (Å²) in [4.78, 5) is 0. The van der Waals surface area contributed by atoms with Crippen molar-refractivity contribution < 1.29 is 13.2 Å². The maximum absolute atomic E-state index is 11.9. The van der Waals surface area contributed by atoms with Gasteiger partial charge in [-0.3, -0.25) is 0 Å². The van der Waals surface area contributed by atoms with Crippen molar-refractivity contribution in [2.24, 2.45) is 40.9 Å². The standard InChI is InChI=1S/C28H46N2O3S/c1-16-12-25-26(29-15-16)18(3)28(33-25)11-9-21-22-7-6-19-13-20(30-34(5,31)32)8-10-27(19,4)24(22)14-23(21)17(28)2/h16,18-22,24-26,29-30H,6-15H2,1-5H3/t16-,18+,19+,20+,21-,22-,24-,25+,26-,27-,28-/m0/s1. The van der Waals surface area contributed by atoms with E-state index in [0.717, 1.165) is 43.6 Å². The largest absolute Gasteiger partial charge is 0.365 e. The Bertz CT molecular complexity index is 978. The van der Waals surface area contributed by atoms with E-state index in [-0.39, 0.29) is 11.6 Å². The van der Waals surface area contributed by atoms with E-state index in [9.17, 15) is 8.42 Å². The Morgan fingerprint density at radius 3 is 2.65 bits per heavy atom. The van der Waals surface area contributed by atoms with Crippen LogP contribution in [0.3, 0.4) is 0 Å². The molecule has 2 N–H and O–H groups in total. The number of hydrogen-bond acceptors (Lipinski definition) is 4. The van der Waals surface area contributed by atoms with Gasteiger partial charge in [-0.1, -0.05) is 26.3 Å². The quantitative estimate of drug-likeness (QED) is 0.554. The third-order valence-electron chi connectivity index (χ3n) is 11.8. The zero-order chi connectivity index (χ0) is 24.0. The molecule has 0 bridgehead atoms. The molecule has 0 amide bonds. The number of sulfonamides is 1. The van der Waals surface area contributed by atoms with E-state index in [2.05, 4.69) is 37.7 Å². The van der Waals surface area contributed by atoms with Crippen molar-refractivity contribution in [2.45, 2.75) is 109 Å². The Kier molecular flexibility index (Phi) is 5.66. The van der Waals surface area contributed by atoms with E-state index in [4.69, 9.17) is 4.74 Å². The van der Waals surface area contributed by atoms with Crippen LogP contribution in [0, 0.1) is 40.9 Å². The monoisotopic (exact) mass is 490 g/mol. The summed E-state index contributed by atoms with van der Waals surface area (Å²) in [6.07, 6.45) is 12.4. The molecule has 2 heterocycles. The maximum atomic E-state index is 11.9. The van der Waals surface area contributed by atoms with Gasteiger partial charge in [0.2, 0.25) is 10.0 Å². The second-order valence-electron chi connectivity index (χ2n) is 13.5. The van der Waals surface area contributed by atoms with E-state index >= 15 is 0 Å². The van der Waals surface area contributed by atoms with Crippen molar-refractivity contribution in [3.05, 3.63) is 11.1 Å². The SMILES string of the molecule is CC1=C2C[C@H]3[C@@H](CC[C@@H]4C[C@H](NS(C)(=O)=O)CC[C@@]43C)[C@@H]2CC[C@]12O[C@@H]1C[C@H](C)CN[C@H]1[C@H]2C. The summed E-state index contributed by atoms with van der Waals surface area (Å²) in [5.41, 5.74) is 3.66. The van der Waals surface area contributed by atoms with E-state index in [1.54, 1.807) is 11.1 Å². The highest BCUT2D eigenvalue weighted by molar-refractivity contribution is 7.88. The van der Waals surface area contributed by atoms with Gasteiger partial charge in [0.05, 0.1) is 18.0 Å². The Morgan fingerprint density at radius 2 is 1.88 bits per heavy atom. The van der Waals surface area contributed by atoms with E-state index in [0.29, 0.717) is 35.3 Å². The van der Waals surface area contributed by atoms with Crippen molar-refractivity contribution in [1.82, 2.24) is 10.0 Å². The maximum Gasteiger partial charge on any atom is 0.208 e. The summed E-state index contributed by atoms with van der Waals surface area (Å²) >= 11 is 0. The molecule has 6 aliphatic rings. The normalized spacial score (nSPS) is 52.8. The molecule has 1 spiro atoms. The van der Waals surface area contributed by atoms with Gasteiger partial charge in [0.15, 0.2) is 0 Å². The van der Waals surface area contributed by atoms with Crippen molar-refractivity contribution in [1.29, 1.82) is 0 Å². The third kappa shape index (κ3) is 3.52. The Morgan fingerprint density at radius 1 is 1.09 bits per heavy atom. The number of hydrogen-bond donors (Lipinski definition) is 2. The van der Waals surface area contributed by atoms with Gasteiger partial charge in [-0.15, -0.1) is 0 Å². The molecule has 5 fully saturated rings. The van der Waals surface area contributed by atoms with Crippen LogP contribution in [-0.2, 0) is 14.8 Å². The van der Waals surface area contributed by atoms with Gasteiger partial charge in [-0.05, 0) is 112 Å².